The SMILES string of the molecule is Nc1cnc(N2CCC(O)C2)nc1N(N)c1ccc(OCCO)cc1. The van der Waals surface area contributed by atoms with Crippen LogP contribution in [0.15, 0.2) is 30.5 Å². The topological polar surface area (TPSA) is 134 Å². The molecule has 9 heteroatoms. The number of β-amino-alcohol motifs (C(OH)–C–C–N with tert-alkyl or cyclic N) is 1. The third kappa shape index (κ3) is 3.90. The summed E-state index contributed by atoms with van der Waals surface area (Å²) in [5.41, 5.74) is 7.01. The normalized spacial score (nSPS) is 16.9. The molecule has 2 heterocycles. The van der Waals surface area contributed by atoms with Gasteiger partial charge in [0, 0.05) is 13.1 Å². The van der Waals surface area contributed by atoms with Crippen LogP contribution in [0.4, 0.5) is 23.1 Å². The van der Waals surface area contributed by atoms with Crippen molar-refractivity contribution in [2.75, 3.05) is 41.9 Å². The lowest BCUT2D eigenvalue weighted by molar-refractivity contribution is 0.198. The first kappa shape index (κ1) is 17.2. The summed E-state index contributed by atoms with van der Waals surface area (Å²) in [5.74, 6) is 7.68. The predicted octanol–water partition coefficient (Wildman–Crippen LogP) is 0.0127. The Morgan fingerprint density at radius 1 is 1.32 bits per heavy atom. The molecule has 0 aliphatic carbocycles. The summed E-state index contributed by atoms with van der Waals surface area (Å²) in [6.07, 6.45) is 1.83. The third-order valence-electron chi connectivity index (χ3n) is 3.93. The van der Waals surface area contributed by atoms with Crippen LogP contribution >= 0.6 is 0 Å². The van der Waals surface area contributed by atoms with E-state index in [-0.39, 0.29) is 19.3 Å². The van der Waals surface area contributed by atoms with Crippen LogP contribution < -0.4 is 26.2 Å². The van der Waals surface area contributed by atoms with Gasteiger partial charge in [-0.05, 0) is 30.7 Å². The molecule has 1 aromatic carbocycles. The van der Waals surface area contributed by atoms with E-state index in [1.165, 1.54) is 11.2 Å². The van der Waals surface area contributed by atoms with Gasteiger partial charge in [0.05, 0.1) is 30.3 Å². The van der Waals surface area contributed by atoms with Crippen molar-refractivity contribution >= 4 is 23.1 Å². The van der Waals surface area contributed by atoms with Gasteiger partial charge in [0.1, 0.15) is 12.4 Å². The Balaban J connectivity index is 1.80. The van der Waals surface area contributed by atoms with Gasteiger partial charge in [0.2, 0.25) is 5.95 Å². The van der Waals surface area contributed by atoms with Gasteiger partial charge in [-0.1, -0.05) is 0 Å². The van der Waals surface area contributed by atoms with Gasteiger partial charge in [-0.15, -0.1) is 0 Å². The number of hydrogen-bond acceptors (Lipinski definition) is 9. The molecule has 2 aromatic rings. The molecule has 3 rings (SSSR count). The number of aliphatic hydroxyl groups excluding tert-OH is 2. The van der Waals surface area contributed by atoms with E-state index in [0.29, 0.717) is 48.4 Å². The number of anilines is 4. The van der Waals surface area contributed by atoms with E-state index in [4.69, 9.17) is 21.4 Å². The quantitative estimate of drug-likeness (QED) is 0.421. The number of hydrogen-bond donors (Lipinski definition) is 4. The minimum Gasteiger partial charge on any atom is -0.491 e. The zero-order valence-electron chi connectivity index (χ0n) is 13.7. The van der Waals surface area contributed by atoms with Crippen molar-refractivity contribution in [3.8, 4) is 5.75 Å². The summed E-state index contributed by atoms with van der Waals surface area (Å²) in [4.78, 5) is 10.6. The van der Waals surface area contributed by atoms with Crippen molar-refractivity contribution in [1.82, 2.24) is 9.97 Å². The number of aliphatic hydroxyl groups is 2. The van der Waals surface area contributed by atoms with Crippen LogP contribution in [0.5, 0.6) is 5.75 Å². The molecule has 9 nitrogen and oxygen atoms in total. The Morgan fingerprint density at radius 3 is 2.72 bits per heavy atom. The van der Waals surface area contributed by atoms with Crippen molar-refractivity contribution in [2.24, 2.45) is 5.84 Å². The molecule has 1 aromatic heterocycles. The maximum atomic E-state index is 9.68. The molecule has 134 valence electrons. The highest BCUT2D eigenvalue weighted by molar-refractivity contribution is 5.70. The molecule has 0 radical (unpaired) electrons. The lowest BCUT2D eigenvalue weighted by atomic mass is 10.3. The Bertz CT molecular complexity index is 712. The van der Waals surface area contributed by atoms with Crippen molar-refractivity contribution in [1.29, 1.82) is 0 Å². The standard InChI is InChI=1S/C16H22N6O3/c17-14-9-19-16(21-6-5-12(24)10-21)20-15(14)22(18)11-1-3-13(4-2-11)25-8-7-23/h1-4,9,12,23-24H,5-8,10,17-18H2. The van der Waals surface area contributed by atoms with Crippen LogP contribution in [0, 0.1) is 0 Å². The van der Waals surface area contributed by atoms with Crippen LogP contribution in [0.25, 0.3) is 0 Å². The fraction of sp³-hybridized carbons (Fsp3) is 0.375. The average Bonchev–Trinajstić information content (AvgIpc) is 3.06. The van der Waals surface area contributed by atoms with E-state index < -0.39 is 0 Å². The molecular weight excluding hydrogens is 324 g/mol. The highest BCUT2D eigenvalue weighted by atomic mass is 16.5. The molecule has 1 aliphatic heterocycles. The first-order valence-corrected chi connectivity index (χ1v) is 8.02. The Hall–Kier alpha value is -2.62. The number of rotatable bonds is 6. The average molecular weight is 346 g/mol. The fourth-order valence-corrected chi connectivity index (χ4v) is 2.63. The van der Waals surface area contributed by atoms with Gasteiger partial charge in [0.25, 0.3) is 0 Å². The maximum absolute atomic E-state index is 9.68. The van der Waals surface area contributed by atoms with E-state index in [0.717, 1.165) is 0 Å². The summed E-state index contributed by atoms with van der Waals surface area (Å²) in [6, 6.07) is 7.04. The van der Waals surface area contributed by atoms with E-state index >= 15 is 0 Å². The molecular formula is C16H22N6O3. The number of ether oxygens (including phenoxy) is 1. The maximum Gasteiger partial charge on any atom is 0.227 e. The number of hydrazine groups is 1. The molecule has 0 spiro atoms. The van der Waals surface area contributed by atoms with Gasteiger partial charge in [-0.25, -0.2) is 10.8 Å². The van der Waals surface area contributed by atoms with Gasteiger partial charge in [-0.3, -0.25) is 5.01 Å². The number of aromatic nitrogens is 2. The summed E-state index contributed by atoms with van der Waals surface area (Å²) in [5, 5.41) is 19.8. The van der Waals surface area contributed by atoms with Crippen LogP contribution in [-0.2, 0) is 0 Å². The largest absolute Gasteiger partial charge is 0.491 e. The molecule has 1 saturated heterocycles. The Morgan fingerprint density at radius 2 is 2.08 bits per heavy atom. The summed E-state index contributed by atoms with van der Waals surface area (Å²) in [6.45, 7) is 1.36. The van der Waals surface area contributed by atoms with Gasteiger partial charge in [-0.2, -0.15) is 4.98 Å². The Kier molecular flexibility index (Phi) is 5.17. The molecule has 1 fully saturated rings. The number of nitrogen functional groups attached to an aromatic ring is 1. The lowest BCUT2D eigenvalue weighted by Gasteiger charge is -2.22. The number of nitrogens with two attached hydrogens (primary N) is 2. The first-order chi connectivity index (χ1) is 12.1. The second-order valence-electron chi connectivity index (χ2n) is 5.77. The predicted molar refractivity (Wildman–Crippen MR) is 94.6 cm³/mol. The molecule has 1 aliphatic rings. The summed E-state index contributed by atoms with van der Waals surface area (Å²) >= 11 is 0. The van der Waals surface area contributed by atoms with E-state index in [2.05, 4.69) is 9.97 Å². The third-order valence-corrected chi connectivity index (χ3v) is 3.93. The summed E-state index contributed by atoms with van der Waals surface area (Å²) < 4.78 is 5.33. The first-order valence-electron chi connectivity index (χ1n) is 8.02. The highest BCUT2D eigenvalue weighted by Gasteiger charge is 2.23. The van der Waals surface area contributed by atoms with Crippen molar-refractivity contribution in [3.63, 3.8) is 0 Å². The zero-order valence-corrected chi connectivity index (χ0v) is 13.7. The van der Waals surface area contributed by atoms with Crippen LogP contribution in [0.2, 0.25) is 0 Å². The van der Waals surface area contributed by atoms with E-state index in [9.17, 15) is 5.11 Å². The van der Waals surface area contributed by atoms with Crippen molar-refractivity contribution in [3.05, 3.63) is 30.5 Å². The second kappa shape index (κ2) is 7.51. The second-order valence-corrected chi connectivity index (χ2v) is 5.77. The van der Waals surface area contributed by atoms with Crippen LogP contribution in [-0.4, -0.2) is 52.6 Å². The number of nitrogens with zero attached hydrogens (tertiary/aromatic N) is 4. The van der Waals surface area contributed by atoms with Crippen molar-refractivity contribution < 1.29 is 14.9 Å². The molecule has 0 amide bonds. The molecule has 1 unspecified atom stereocenters. The number of benzene rings is 1. The van der Waals surface area contributed by atoms with Gasteiger partial charge in [0.15, 0.2) is 5.82 Å². The molecule has 1 atom stereocenters. The molecule has 6 N–H and O–H groups in total. The van der Waals surface area contributed by atoms with Crippen LogP contribution in [0.3, 0.4) is 0 Å². The highest BCUT2D eigenvalue weighted by Crippen LogP contribution is 2.28. The smallest absolute Gasteiger partial charge is 0.227 e. The molecule has 0 bridgehead atoms. The monoisotopic (exact) mass is 346 g/mol. The van der Waals surface area contributed by atoms with E-state index in [1.54, 1.807) is 24.3 Å². The van der Waals surface area contributed by atoms with Gasteiger partial charge < -0.3 is 25.6 Å². The van der Waals surface area contributed by atoms with Crippen LogP contribution in [0.1, 0.15) is 6.42 Å². The zero-order chi connectivity index (χ0) is 17.8. The fourth-order valence-electron chi connectivity index (χ4n) is 2.63. The summed E-state index contributed by atoms with van der Waals surface area (Å²) in [7, 11) is 0. The lowest BCUT2D eigenvalue weighted by Crippen LogP contribution is -2.29. The van der Waals surface area contributed by atoms with Gasteiger partial charge >= 0.3 is 0 Å². The molecule has 0 saturated carbocycles. The minimum absolute atomic E-state index is 0.0454. The van der Waals surface area contributed by atoms with Crippen molar-refractivity contribution in [2.45, 2.75) is 12.5 Å². The van der Waals surface area contributed by atoms with E-state index in [1.807, 2.05) is 4.90 Å². The molecule has 25 heavy (non-hydrogen) atoms. The Labute approximate surface area is 145 Å². The minimum atomic E-state index is -0.370.